The van der Waals surface area contributed by atoms with E-state index in [4.69, 9.17) is 4.74 Å². The number of anilines is 1. The number of amides is 1. The second kappa shape index (κ2) is 6.70. The molecule has 0 aromatic carbocycles. The number of rotatable bonds is 6. The van der Waals surface area contributed by atoms with Crippen molar-refractivity contribution in [2.75, 3.05) is 19.0 Å². The van der Waals surface area contributed by atoms with Crippen LogP contribution in [0, 0.1) is 0 Å². The number of ketones is 1. The van der Waals surface area contributed by atoms with Crippen molar-refractivity contribution in [3.05, 3.63) is 28.7 Å². The first-order valence-corrected chi connectivity index (χ1v) is 5.51. The van der Waals surface area contributed by atoms with Crippen LogP contribution in [0.15, 0.2) is 23.1 Å². The maximum absolute atomic E-state index is 11.5. The number of aromatic nitrogens is 1. The quantitative estimate of drug-likeness (QED) is 0.744. The Morgan fingerprint density at radius 1 is 1.39 bits per heavy atom. The number of Topliss-reactive ketones (excluding diaryl/α,β-unsaturated/α-hetero) is 1. The number of carbonyl (C=O) groups is 2. The fraction of sp³-hybridized carbons (Fsp3) is 0.417. The molecule has 0 aliphatic rings. The van der Waals surface area contributed by atoms with Gasteiger partial charge in [0.05, 0.1) is 18.7 Å². The SMILES string of the molecule is COCCn1cc(NC(=O)CC(C)=O)ccc1=O. The van der Waals surface area contributed by atoms with E-state index >= 15 is 0 Å². The molecule has 98 valence electrons. The van der Waals surface area contributed by atoms with E-state index in [2.05, 4.69) is 5.32 Å². The highest BCUT2D eigenvalue weighted by molar-refractivity contribution is 6.03. The van der Waals surface area contributed by atoms with Gasteiger partial charge in [-0.05, 0) is 13.0 Å². The normalized spacial score (nSPS) is 10.1. The van der Waals surface area contributed by atoms with Crippen LogP contribution in [0.3, 0.4) is 0 Å². The molecule has 1 rings (SSSR count). The Balaban J connectivity index is 2.75. The molecule has 1 heterocycles. The maximum Gasteiger partial charge on any atom is 0.250 e. The molecule has 0 atom stereocenters. The summed E-state index contributed by atoms with van der Waals surface area (Å²) in [5, 5.41) is 2.56. The van der Waals surface area contributed by atoms with E-state index in [1.807, 2.05) is 0 Å². The van der Waals surface area contributed by atoms with Gasteiger partial charge in [-0.2, -0.15) is 0 Å². The molecule has 0 spiro atoms. The Hall–Kier alpha value is -1.95. The minimum absolute atomic E-state index is 0.169. The molecule has 0 bridgehead atoms. The minimum Gasteiger partial charge on any atom is -0.383 e. The van der Waals surface area contributed by atoms with E-state index in [-0.39, 0.29) is 23.7 Å². The van der Waals surface area contributed by atoms with Crippen molar-refractivity contribution < 1.29 is 14.3 Å². The van der Waals surface area contributed by atoms with Crippen molar-refractivity contribution in [3.8, 4) is 0 Å². The highest BCUT2D eigenvalue weighted by atomic mass is 16.5. The summed E-state index contributed by atoms with van der Waals surface area (Å²) in [5.74, 6) is -0.598. The minimum atomic E-state index is -0.389. The van der Waals surface area contributed by atoms with Crippen molar-refractivity contribution in [2.45, 2.75) is 19.9 Å². The van der Waals surface area contributed by atoms with E-state index in [1.54, 1.807) is 7.11 Å². The van der Waals surface area contributed by atoms with Gasteiger partial charge >= 0.3 is 0 Å². The molecule has 6 nitrogen and oxygen atoms in total. The summed E-state index contributed by atoms with van der Waals surface area (Å²) >= 11 is 0. The lowest BCUT2D eigenvalue weighted by Gasteiger charge is -2.08. The first-order valence-electron chi connectivity index (χ1n) is 5.51. The molecule has 1 N–H and O–H groups in total. The number of hydrogen-bond donors (Lipinski definition) is 1. The van der Waals surface area contributed by atoms with Crippen LogP contribution in [0.2, 0.25) is 0 Å². The molecule has 0 aliphatic carbocycles. The molecule has 6 heteroatoms. The third kappa shape index (κ3) is 4.50. The zero-order chi connectivity index (χ0) is 13.5. The van der Waals surface area contributed by atoms with Gasteiger partial charge in [-0.3, -0.25) is 14.4 Å². The molecule has 1 amide bonds. The summed E-state index contributed by atoms with van der Waals surface area (Å²) in [4.78, 5) is 33.6. The monoisotopic (exact) mass is 252 g/mol. The summed E-state index contributed by atoms with van der Waals surface area (Å²) in [5.41, 5.74) is 0.313. The number of carbonyl (C=O) groups excluding carboxylic acids is 2. The van der Waals surface area contributed by atoms with Gasteiger partial charge in [0.1, 0.15) is 5.78 Å². The van der Waals surface area contributed by atoms with Gasteiger partial charge in [0.2, 0.25) is 5.91 Å². The van der Waals surface area contributed by atoms with Crippen LogP contribution >= 0.6 is 0 Å². The Bertz CT molecular complexity index is 493. The average Bonchev–Trinajstić information content (AvgIpc) is 2.28. The molecule has 0 saturated heterocycles. The van der Waals surface area contributed by atoms with Gasteiger partial charge in [0.15, 0.2) is 0 Å². The van der Waals surface area contributed by atoms with Crippen LogP contribution in [0.5, 0.6) is 0 Å². The zero-order valence-electron chi connectivity index (χ0n) is 10.4. The summed E-state index contributed by atoms with van der Waals surface area (Å²) in [6.07, 6.45) is 1.36. The van der Waals surface area contributed by atoms with E-state index in [9.17, 15) is 14.4 Å². The fourth-order valence-corrected chi connectivity index (χ4v) is 1.40. The summed E-state index contributed by atoms with van der Waals surface area (Å²) < 4.78 is 6.32. The van der Waals surface area contributed by atoms with Crippen LogP contribution in [0.25, 0.3) is 0 Å². The fourth-order valence-electron chi connectivity index (χ4n) is 1.40. The zero-order valence-corrected chi connectivity index (χ0v) is 10.4. The van der Waals surface area contributed by atoms with Crippen LogP contribution in [0.1, 0.15) is 13.3 Å². The van der Waals surface area contributed by atoms with E-state index in [0.29, 0.717) is 18.8 Å². The van der Waals surface area contributed by atoms with Crippen molar-refractivity contribution in [3.63, 3.8) is 0 Å². The van der Waals surface area contributed by atoms with Crippen molar-refractivity contribution >= 4 is 17.4 Å². The molecule has 0 radical (unpaired) electrons. The lowest BCUT2D eigenvalue weighted by atomic mass is 10.3. The van der Waals surface area contributed by atoms with Crippen molar-refractivity contribution in [2.24, 2.45) is 0 Å². The van der Waals surface area contributed by atoms with Crippen LogP contribution in [-0.4, -0.2) is 30.0 Å². The smallest absolute Gasteiger partial charge is 0.250 e. The van der Waals surface area contributed by atoms with Crippen LogP contribution in [0.4, 0.5) is 5.69 Å². The number of nitrogens with one attached hydrogen (secondary N) is 1. The molecule has 0 fully saturated rings. The molecule has 18 heavy (non-hydrogen) atoms. The van der Waals surface area contributed by atoms with Crippen molar-refractivity contribution in [1.29, 1.82) is 0 Å². The number of hydrogen-bond acceptors (Lipinski definition) is 4. The van der Waals surface area contributed by atoms with Gasteiger partial charge in [0, 0.05) is 25.9 Å². The molecular weight excluding hydrogens is 236 g/mol. The van der Waals surface area contributed by atoms with Crippen LogP contribution in [-0.2, 0) is 20.9 Å². The second-order valence-corrected chi connectivity index (χ2v) is 3.87. The van der Waals surface area contributed by atoms with Gasteiger partial charge < -0.3 is 14.6 Å². The van der Waals surface area contributed by atoms with E-state index in [1.165, 1.54) is 29.8 Å². The highest BCUT2D eigenvalue weighted by Gasteiger charge is 2.06. The first-order chi connectivity index (χ1) is 8.52. The molecular formula is C12H16N2O4. The molecule has 1 aromatic rings. The van der Waals surface area contributed by atoms with Crippen LogP contribution < -0.4 is 10.9 Å². The first kappa shape index (κ1) is 14.1. The predicted octanol–water partition coefficient (Wildman–Crippen LogP) is 0.412. The third-order valence-electron chi connectivity index (χ3n) is 2.21. The predicted molar refractivity (Wildman–Crippen MR) is 66.5 cm³/mol. The lowest BCUT2D eigenvalue weighted by molar-refractivity contribution is -0.124. The van der Waals surface area contributed by atoms with E-state index < -0.39 is 0 Å². The maximum atomic E-state index is 11.5. The van der Waals surface area contributed by atoms with E-state index in [0.717, 1.165) is 0 Å². The third-order valence-corrected chi connectivity index (χ3v) is 2.21. The molecule has 1 aromatic heterocycles. The Morgan fingerprint density at radius 3 is 2.72 bits per heavy atom. The van der Waals surface area contributed by atoms with Gasteiger partial charge in [0.25, 0.3) is 5.56 Å². The van der Waals surface area contributed by atoms with Gasteiger partial charge in [-0.1, -0.05) is 0 Å². The number of methoxy groups -OCH3 is 1. The van der Waals surface area contributed by atoms with Gasteiger partial charge in [-0.15, -0.1) is 0 Å². The molecule has 0 saturated carbocycles. The topological polar surface area (TPSA) is 77.4 Å². The summed E-state index contributed by atoms with van der Waals surface area (Å²) in [7, 11) is 1.55. The number of ether oxygens (including phenoxy) is 1. The second-order valence-electron chi connectivity index (χ2n) is 3.87. The number of nitrogens with zero attached hydrogens (tertiary/aromatic N) is 1. The van der Waals surface area contributed by atoms with Gasteiger partial charge in [-0.25, -0.2) is 0 Å². The van der Waals surface area contributed by atoms with Crippen molar-refractivity contribution in [1.82, 2.24) is 4.57 Å². The summed E-state index contributed by atoms with van der Waals surface area (Å²) in [6, 6.07) is 2.86. The Kier molecular flexibility index (Phi) is 5.26. The standard InChI is InChI=1S/C12H16N2O4/c1-9(15)7-11(16)13-10-3-4-12(17)14(8-10)5-6-18-2/h3-4,8H,5-7H2,1-2H3,(H,13,16). The number of pyridine rings is 1. The average molecular weight is 252 g/mol. The largest absolute Gasteiger partial charge is 0.383 e. The summed E-state index contributed by atoms with van der Waals surface area (Å²) in [6.45, 7) is 2.16. The lowest BCUT2D eigenvalue weighted by Crippen LogP contribution is -2.22. The molecule has 0 aliphatic heterocycles. The molecule has 0 unspecified atom stereocenters. The Labute approximate surface area is 105 Å². The highest BCUT2D eigenvalue weighted by Crippen LogP contribution is 2.04. The Morgan fingerprint density at radius 2 is 2.11 bits per heavy atom.